The molecule has 0 radical (unpaired) electrons. The van der Waals surface area contributed by atoms with Gasteiger partial charge in [-0.15, -0.1) is 0 Å². The number of aliphatic hydroxyl groups is 6. The van der Waals surface area contributed by atoms with Crippen molar-refractivity contribution in [2.45, 2.75) is 49.2 Å². The van der Waals surface area contributed by atoms with Gasteiger partial charge in [0.2, 0.25) is 0 Å². The topological polar surface area (TPSA) is 149 Å². The fraction of sp³-hybridized carbons (Fsp3) is 1.00. The molecule has 0 amide bonds. The first kappa shape index (κ1) is 15.0. The molecule has 9 heteroatoms. The summed E-state index contributed by atoms with van der Waals surface area (Å²) in [6, 6.07) is 0. The highest BCUT2D eigenvalue weighted by molar-refractivity contribution is 4.91. The Kier molecular flexibility index (Phi) is 4.71. The minimum absolute atomic E-state index is 0.506. The van der Waals surface area contributed by atoms with Crippen molar-refractivity contribution in [3.8, 4) is 0 Å². The van der Waals surface area contributed by atoms with Crippen molar-refractivity contribution in [3.63, 3.8) is 0 Å². The summed E-state index contributed by atoms with van der Waals surface area (Å²) >= 11 is 0. The van der Waals surface area contributed by atoms with Crippen LogP contribution in [0, 0.1) is 0 Å². The van der Waals surface area contributed by atoms with Gasteiger partial charge in [-0.1, -0.05) is 0 Å². The predicted octanol–water partition coefficient (Wildman–Crippen LogP) is -4.12. The first-order valence-corrected chi connectivity index (χ1v) is 5.90. The maximum atomic E-state index is 9.74. The lowest BCUT2D eigenvalue weighted by Gasteiger charge is -2.23. The Labute approximate surface area is 108 Å². The summed E-state index contributed by atoms with van der Waals surface area (Å²) in [5.41, 5.74) is 0. The van der Waals surface area contributed by atoms with Gasteiger partial charge >= 0.3 is 0 Å². The number of aliphatic hydroxyl groups excluding tert-OH is 6. The van der Waals surface area contributed by atoms with E-state index in [0.29, 0.717) is 0 Å². The van der Waals surface area contributed by atoms with Gasteiger partial charge in [-0.2, -0.15) is 0 Å². The lowest BCUT2D eigenvalue weighted by molar-refractivity contribution is -0.236. The van der Waals surface area contributed by atoms with Crippen LogP contribution in [0.5, 0.6) is 0 Å². The Morgan fingerprint density at radius 3 is 1.84 bits per heavy atom. The summed E-state index contributed by atoms with van der Waals surface area (Å²) in [4.78, 5) is 0. The van der Waals surface area contributed by atoms with Gasteiger partial charge in [-0.3, -0.25) is 0 Å². The number of hydrogen-bond acceptors (Lipinski definition) is 9. The maximum Gasteiger partial charge on any atom is 0.187 e. The minimum Gasteiger partial charge on any atom is -0.394 e. The van der Waals surface area contributed by atoms with Gasteiger partial charge in [0.25, 0.3) is 0 Å². The standard InChI is InChI=1S/C10H18O9/c11-1-3-5(13)7(15)10(18-3)19-8-6(14)4(2-12)17-9(8)16/h3-16H,1-2H2/t3-,4-,5+,6+,7-,8+,9+,10+/m0/s1. The Morgan fingerprint density at radius 2 is 1.37 bits per heavy atom. The first-order chi connectivity index (χ1) is 8.99. The molecule has 2 saturated heterocycles. The molecule has 0 aromatic heterocycles. The fourth-order valence-electron chi connectivity index (χ4n) is 2.15. The second-order valence-corrected chi connectivity index (χ2v) is 4.55. The molecule has 2 fully saturated rings. The molecule has 0 bridgehead atoms. The van der Waals surface area contributed by atoms with Crippen LogP contribution in [0.2, 0.25) is 0 Å². The zero-order chi connectivity index (χ0) is 14.2. The maximum absolute atomic E-state index is 9.74. The summed E-state index contributed by atoms with van der Waals surface area (Å²) in [5, 5.41) is 56.2. The van der Waals surface area contributed by atoms with Crippen LogP contribution in [0.3, 0.4) is 0 Å². The van der Waals surface area contributed by atoms with Crippen LogP contribution in [-0.2, 0) is 14.2 Å². The van der Waals surface area contributed by atoms with Crippen LogP contribution in [0.25, 0.3) is 0 Å². The smallest absolute Gasteiger partial charge is 0.187 e. The fourth-order valence-corrected chi connectivity index (χ4v) is 2.15. The van der Waals surface area contributed by atoms with Gasteiger partial charge < -0.3 is 44.8 Å². The third kappa shape index (κ3) is 2.75. The molecule has 0 aromatic carbocycles. The summed E-state index contributed by atoms with van der Waals surface area (Å²) in [6.45, 7) is -1.02. The SMILES string of the molecule is OC[C@@H]1O[C@H](O[C@@H]2[C@H](O)[C@H](CO)O[C@H]2O)[C@@H](O)[C@@H]1O. The third-order valence-electron chi connectivity index (χ3n) is 3.28. The molecule has 112 valence electrons. The molecule has 2 heterocycles. The van der Waals surface area contributed by atoms with Crippen LogP contribution < -0.4 is 0 Å². The van der Waals surface area contributed by atoms with E-state index in [1.807, 2.05) is 0 Å². The van der Waals surface area contributed by atoms with E-state index in [-0.39, 0.29) is 0 Å². The van der Waals surface area contributed by atoms with Crippen LogP contribution >= 0.6 is 0 Å². The summed E-state index contributed by atoms with van der Waals surface area (Å²) in [6.07, 6.45) is -10.1. The molecule has 0 aliphatic carbocycles. The summed E-state index contributed by atoms with van der Waals surface area (Å²) in [5.74, 6) is 0. The van der Waals surface area contributed by atoms with Crippen LogP contribution in [0.15, 0.2) is 0 Å². The zero-order valence-electron chi connectivity index (χ0n) is 9.94. The largest absolute Gasteiger partial charge is 0.394 e. The van der Waals surface area contributed by atoms with E-state index >= 15 is 0 Å². The van der Waals surface area contributed by atoms with E-state index < -0.39 is 62.4 Å². The van der Waals surface area contributed by atoms with Gasteiger partial charge in [-0.05, 0) is 0 Å². The Bertz CT molecular complexity index is 301. The normalized spacial score (nSPS) is 50.8. The van der Waals surface area contributed by atoms with Crippen LogP contribution in [-0.4, -0.2) is 93.1 Å². The van der Waals surface area contributed by atoms with Gasteiger partial charge in [0.15, 0.2) is 12.6 Å². The third-order valence-corrected chi connectivity index (χ3v) is 3.28. The monoisotopic (exact) mass is 282 g/mol. The van der Waals surface area contributed by atoms with Crippen LogP contribution in [0.1, 0.15) is 0 Å². The van der Waals surface area contributed by atoms with E-state index in [1.165, 1.54) is 0 Å². The molecule has 0 spiro atoms. The van der Waals surface area contributed by atoms with Crippen LogP contribution in [0.4, 0.5) is 0 Å². The van der Waals surface area contributed by atoms with Crippen molar-refractivity contribution in [3.05, 3.63) is 0 Å². The molecule has 0 aromatic rings. The van der Waals surface area contributed by atoms with E-state index in [2.05, 4.69) is 0 Å². The number of rotatable bonds is 4. The van der Waals surface area contributed by atoms with E-state index in [1.54, 1.807) is 0 Å². The molecule has 9 nitrogen and oxygen atoms in total. The highest BCUT2D eigenvalue weighted by atomic mass is 16.7. The van der Waals surface area contributed by atoms with Gasteiger partial charge in [0.1, 0.15) is 36.6 Å². The predicted molar refractivity (Wildman–Crippen MR) is 56.6 cm³/mol. The minimum atomic E-state index is -1.49. The van der Waals surface area contributed by atoms with Crippen molar-refractivity contribution in [1.29, 1.82) is 0 Å². The number of ether oxygens (including phenoxy) is 3. The van der Waals surface area contributed by atoms with Gasteiger partial charge in [0.05, 0.1) is 13.2 Å². The average molecular weight is 282 g/mol. The zero-order valence-corrected chi connectivity index (χ0v) is 9.94. The molecule has 8 atom stereocenters. The second kappa shape index (κ2) is 5.95. The Morgan fingerprint density at radius 1 is 0.789 bits per heavy atom. The molecule has 2 aliphatic rings. The average Bonchev–Trinajstić information content (AvgIpc) is 2.83. The molecule has 6 N–H and O–H groups in total. The quantitative estimate of drug-likeness (QED) is 0.302. The van der Waals surface area contributed by atoms with Crippen molar-refractivity contribution >= 4 is 0 Å². The van der Waals surface area contributed by atoms with Gasteiger partial charge in [0, 0.05) is 0 Å². The van der Waals surface area contributed by atoms with Crippen molar-refractivity contribution in [2.75, 3.05) is 13.2 Å². The van der Waals surface area contributed by atoms with E-state index in [9.17, 15) is 20.4 Å². The lowest BCUT2D eigenvalue weighted by atomic mass is 10.1. The second-order valence-electron chi connectivity index (χ2n) is 4.55. The molecular formula is C10H18O9. The molecule has 0 saturated carbocycles. The first-order valence-electron chi connectivity index (χ1n) is 5.90. The van der Waals surface area contributed by atoms with Gasteiger partial charge in [-0.25, -0.2) is 0 Å². The Balaban J connectivity index is 1.98. The van der Waals surface area contributed by atoms with Crippen molar-refractivity contribution in [1.82, 2.24) is 0 Å². The van der Waals surface area contributed by atoms with E-state index in [4.69, 9.17) is 24.4 Å². The molecular weight excluding hydrogens is 264 g/mol. The van der Waals surface area contributed by atoms with E-state index in [0.717, 1.165) is 0 Å². The molecule has 2 rings (SSSR count). The van der Waals surface area contributed by atoms with Crippen molar-refractivity contribution < 1.29 is 44.8 Å². The molecule has 2 aliphatic heterocycles. The molecule has 0 unspecified atom stereocenters. The van der Waals surface area contributed by atoms with Crippen molar-refractivity contribution in [2.24, 2.45) is 0 Å². The highest BCUT2D eigenvalue weighted by Gasteiger charge is 2.49. The number of hydrogen-bond donors (Lipinski definition) is 6. The molecule has 19 heavy (non-hydrogen) atoms. The lowest BCUT2D eigenvalue weighted by Crippen LogP contribution is -2.42. The Hall–Kier alpha value is -0.360. The summed E-state index contributed by atoms with van der Waals surface area (Å²) in [7, 11) is 0. The summed E-state index contributed by atoms with van der Waals surface area (Å²) < 4.78 is 15.1. The highest BCUT2D eigenvalue weighted by Crippen LogP contribution is 2.28.